The van der Waals surface area contributed by atoms with E-state index < -0.39 is 43.6 Å². The summed E-state index contributed by atoms with van der Waals surface area (Å²) in [6, 6.07) is 0. The molecule has 0 saturated heterocycles. The molecule has 0 atom stereocenters. The highest BCUT2D eigenvalue weighted by Crippen LogP contribution is 2.36. The molecule has 6 nitrogen and oxygen atoms in total. The summed E-state index contributed by atoms with van der Waals surface area (Å²) in [7, 11) is -10.9. The summed E-state index contributed by atoms with van der Waals surface area (Å²) in [6.07, 6.45) is 0. The third-order valence-corrected chi connectivity index (χ3v) is 2.72. The van der Waals surface area contributed by atoms with E-state index in [2.05, 4.69) is 0 Å². The van der Waals surface area contributed by atoms with Gasteiger partial charge in [0.05, 0.1) is 0 Å². The number of alkyl halides is 4. The summed E-state index contributed by atoms with van der Waals surface area (Å²) in [4.78, 5) is 0. The Labute approximate surface area is 87.8 Å². The zero-order valence-electron chi connectivity index (χ0n) is 7.27. The van der Waals surface area contributed by atoms with Crippen LogP contribution in [0.25, 0.3) is 0 Å². The van der Waals surface area contributed by atoms with Crippen LogP contribution in [0.3, 0.4) is 0 Å². The number of hydrogen-bond donors (Lipinski definition) is 2. The molecule has 0 rings (SSSR count). The lowest BCUT2D eigenvalue weighted by Crippen LogP contribution is -2.49. The van der Waals surface area contributed by atoms with Crippen molar-refractivity contribution in [2.75, 3.05) is 11.5 Å². The average Bonchev–Trinajstić information content (AvgIpc) is 1.72. The van der Waals surface area contributed by atoms with Crippen LogP contribution in [0.15, 0.2) is 0 Å². The predicted octanol–water partition coefficient (Wildman–Crippen LogP) is 0.0326. The van der Waals surface area contributed by atoms with Crippen molar-refractivity contribution in [1.82, 2.24) is 0 Å². The van der Waals surface area contributed by atoms with E-state index in [1.807, 2.05) is 0 Å². The second-order valence-corrected chi connectivity index (χ2v) is 5.77. The standard InChI is InChI=1S/C4H6F4O6S2/c5-3(6,1-15(9,10)11)4(7,8)2-16(12,13)14/h1-2H2,(H,9,10,11)(H,12,13,14). The van der Waals surface area contributed by atoms with Gasteiger partial charge in [0.25, 0.3) is 20.2 Å². The Kier molecular flexibility index (Phi) is 3.97. The first-order valence-corrected chi connectivity index (χ1v) is 6.54. The highest BCUT2D eigenvalue weighted by atomic mass is 32.2. The van der Waals surface area contributed by atoms with E-state index in [1.54, 1.807) is 0 Å². The van der Waals surface area contributed by atoms with E-state index in [1.165, 1.54) is 0 Å². The van der Waals surface area contributed by atoms with Crippen LogP contribution in [-0.4, -0.2) is 49.3 Å². The zero-order chi connectivity index (χ0) is 13.4. The molecule has 0 aromatic rings. The molecular formula is C4H6F4O6S2. The van der Waals surface area contributed by atoms with Crippen LogP contribution >= 0.6 is 0 Å². The van der Waals surface area contributed by atoms with Gasteiger partial charge in [-0.25, -0.2) is 0 Å². The Morgan fingerprint density at radius 1 is 0.750 bits per heavy atom. The van der Waals surface area contributed by atoms with Gasteiger partial charge in [0.2, 0.25) is 0 Å². The lowest BCUT2D eigenvalue weighted by atomic mass is 10.2. The van der Waals surface area contributed by atoms with Gasteiger partial charge in [-0.1, -0.05) is 0 Å². The maximum atomic E-state index is 12.6. The lowest BCUT2D eigenvalue weighted by Gasteiger charge is -2.24. The van der Waals surface area contributed by atoms with E-state index in [0.717, 1.165) is 0 Å². The molecule has 0 spiro atoms. The number of rotatable bonds is 5. The SMILES string of the molecule is O=S(=O)(O)CC(F)(F)C(F)(F)CS(=O)(=O)O. The second kappa shape index (κ2) is 4.09. The number of hydrogen-bond acceptors (Lipinski definition) is 4. The Morgan fingerprint density at radius 2 is 0.938 bits per heavy atom. The van der Waals surface area contributed by atoms with Crippen molar-refractivity contribution >= 4 is 20.2 Å². The van der Waals surface area contributed by atoms with Gasteiger partial charge in [0, 0.05) is 0 Å². The van der Waals surface area contributed by atoms with Crippen molar-refractivity contribution in [3.8, 4) is 0 Å². The fraction of sp³-hybridized carbons (Fsp3) is 1.00. The molecule has 0 aliphatic rings. The second-order valence-electron chi connectivity index (χ2n) is 2.86. The number of halogens is 4. The average molecular weight is 290 g/mol. The molecule has 0 aromatic carbocycles. The van der Waals surface area contributed by atoms with Crippen molar-refractivity contribution in [1.29, 1.82) is 0 Å². The molecule has 0 unspecified atom stereocenters. The summed E-state index contributed by atoms with van der Waals surface area (Å²) >= 11 is 0. The fourth-order valence-corrected chi connectivity index (χ4v) is 2.01. The summed E-state index contributed by atoms with van der Waals surface area (Å²) < 4.78 is 106. The Hall–Kier alpha value is -0.460. The van der Waals surface area contributed by atoms with Crippen LogP contribution in [0.4, 0.5) is 17.6 Å². The van der Waals surface area contributed by atoms with Crippen LogP contribution in [0, 0.1) is 0 Å². The Bertz CT molecular complexity index is 407. The van der Waals surface area contributed by atoms with Crippen molar-refractivity contribution in [2.24, 2.45) is 0 Å². The first-order valence-electron chi connectivity index (χ1n) is 3.32. The zero-order valence-corrected chi connectivity index (χ0v) is 8.90. The van der Waals surface area contributed by atoms with Crippen molar-refractivity contribution < 1.29 is 43.5 Å². The molecule has 0 aliphatic carbocycles. The van der Waals surface area contributed by atoms with E-state index in [4.69, 9.17) is 9.11 Å². The predicted molar refractivity (Wildman–Crippen MR) is 42.7 cm³/mol. The molecule has 0 aromatic heterocycles. The maximum absolute atomic E-state index is 12.6. The monoisotopic (exact) mass is 290 g/mol. The van der Waals surface area contributed by atoms with Gasteiger partial charge in [-0.3, -0.25) is 9.11 Å². The smallest absolute Gasteiger partial charge is 0.285 e. The van der Waals surface area contributed by atoms with Gasteiger partial charge in [0.15, 0.2) is 0 Å². The molecule has 0 heterocycles. The fourth-order valence-electron chi connectivity index (χ4n) is 0.669. The molecule has 0 amide bonds. The van der Waals surface area contributed by atoms with E-state index in [0.29, 0.717) is 0 Å². The molecule has 98 valence electrons. The molecular weight excluding hydrogens is 284 g/mol. The lowest BCUT2D eigenvalue weighted by molar-refractivity contribution is -0.181. The van der Waals surface area contributed by atoms with Gasteiger partial charge in [-0.05, 0) is 0 Å². The summed E-state index contributed by atoms with van der Waals surface area (Å²) in [5.74, 6) is -15.9. The molecule has 0 bridgehead atoms. The molecule has 0 aliphatic heterocycles. The molecule has 0 saturated carbocycles. The van der Waals surface area contributed by atoms with Gasteiger partial charge >= 0.3 is 11.8 Å². The van der Waals surface area contributed by atoms with Crippen LogP contribution in [0.5, 0.6) is 0 Å². The molecule has 2 N–H and O–H groups in total. The first kappa shape index (κ1) is 15.5. The Morgan fingerprint density at radius 3 is 1.06 bits per heavy atom. The molecule has 16 heavy (non-hydrogen) atoms. The summed E-state index contributed by atoms with van der Waals surface area (Å²) in [5.41, 5.74) is 0. The van der Waals surface area contributed by atoms with Gasteiger partial charge in [-0.15, -0.1) is 0 Å². The van der Waals surface area contributed by atoms with Gasteiger partial charge in [0.1, 0.15) is 11.5 Å². The topological polar surface area (TPSA) is 109 Å². The molecule has 0 radical (unpaired) electrons. The van der Waals surface area contributed by atoms with Crippen LogP contribution in [0.2, 0.25) is 0 Å². The van der Waals surface area contributed by atoms with Crippen LogP contribution in [-0.2, 0) is 20.2 Å². The quantitative estimate of drug-likeness (QED) is 0.546. The third-order valence-electron chi connectivity index (χ3n) is 1.26. The van der Waals surface area contributed by atoms with Gasteiger partial charge in [-0.2, -0.15) is 34.4 Å². The minimum absolute atomic E-state index is 2.65. The third kappa shape index (κ3) is 5.05. The van der Waals surface area contributed by atoms with Crippen molar-refractivity contribution in [2.45, 2.75) is 11.8 Å². The highest BCUT2D eigenvalue weighted by Gasteiger charge is 2.60. The minimum Gasteiger partial charge on any atom is -0.285 e. The first-order chi connectivity index (χ1) is 6.66. The van der Waals surface area contributed by atoms with E-state index in [9.17, 15) is 34.4 Å². The Balaban J connectivity index is 5.14. The van der Waals surface area contributed by atoms with Crippen molar-refractivity contribution in [3.63, 3.8) is 0 Å². The van der Waals surface area contributed by atoms with E-state index >= 15 is 0 Å². The van der Waals surface area contributed by atoms with E-state index in [-0.39, 0.29) is 0 Å². The maximum Gasteiger partial charge on any atom is 0.327 e. The minimum atomic E-state index is -5.43. The van der Waals surface area contributed by atoms with Crippen LogP contribution in [0.1, 0.15) is 0 Å². The largest absolute Gasteiger partial charge is 0.327 e. The van der Waals surface area contributed by atoms with Crippen molar-refractivity contribution in [3.05, 3.63) is 0 Å². The normalized spacial score (nSPS) is 15.1. The highest BCUT2D eigenvalue weighted by molar-refractivity contribution is 7.86. The summed E-state index contributed by atoms with van der Waals surface area (Å²) in [5, 5.41) is 0. The molecule has 0 fully saturated rings. The molecule has 12 heteroatoms. The summed E-state index contributed by atoms with van der Waals surface area (Å²) in [6.45, 7) is 0. The van der Waals surface area contributed by atoms with Gasteiger partial charge < -0.3 is 0 Å². The van der Waals surface area contributed by atoms with Crippen LogP contribution < -0.4 is 0 Å².